The predicted octanol–water partition coefficient (Wildman–Crippen LogP) is 4.30. The van der Waals surface area contributed by atoms with Crippen LogP contribution in [-0.2, 0) is 0 Å². The minimum atomic E-state index is -0.178. The van der Waals surface area contributed by atoms with E-state index in [1.807, 2.05) is 0 Å². The standard InChI is InChI=1S/C16H18Cl2N4O/c1-10(2)3-4-19-15(23)11-8-20-16(21-9-11)22-14-6-12(17)5-13(18)7-14/h5-10H,3-4H2,1-2H3,(H,19,23)(H,20,21,22). The number of carbonyl (C=O) groups is 1. The molecule has 0 bridgehead atoms. The maximum atomic E-state index is 11.9. The van der Waals surface area contributed by atoms with Crippen LogP contribution in [0.3, 0.4) is 0 Å². The molecule has 1 aromatic carbocycles. The molecule has 2 aromatic rings. The summed E-state index contributed by atoms with van der Waals surface area (Å²) in [4.78, 5) is 20.2. The number of nitrogens with one attached hydrogen (secondary N) is 2. The molecule has 1 aromatic heterocycles. The van der Waals surface area contributed by atoms with Gasteiger partial charge in [0, 0.05) is 34.7 Å². The molecule has 1 amide bonds. The van der Waals surface area contributed by atoms with Crippen molar-refractivity contribution in [1.82, 2.24) is 15.3 Å². The fourth-order valence-corrected chi connectivity index (χ4v) is 2.37. The summed E-state index contributed by atoms with van der Waals surface area (Å²) in [6.45, 7) is 4.85. The van der Waals surface area contributed by atoms with Gasteiger partial charge in [-0.25, -0.2) is 9.97 Å². The van der Waals surface area contributed by atoms with Gasteiger partial charge < -0.3 is 10.6 Å². The fraction of sp³-hybridized carbons (Fsp3) is 0.312. The molecule has 0 aliphatic rings. The van der Waals surface area contributed by atoms with E-state index < -0.39 is 0 Å². The Labute approximate surface area is 145 Å². The molecule has 0 atom stereocenters. The summed E-state index contributed by atoms with van der Waals surface area (Å²) < 4.78 is 0. The average Bonchev–Trinajstić information content (AvgIpc) is 2.46. The highest BCUT2D eigenvalue weighted by Gasteiger charge is 2.07. The zero-order valence-electron chi connectivity index (χ0n) is 12.9. The first-order chi connectivity index (χ1) is 10.9. The number of anilines is 2. The third-order valence-electron chi connectivity index (χ3n) is 3.04. The zero-order valence-corrected chi connectivity index (χ0v) is 14.4. The number of aromatic nitrogens is 2. The van der Waals surface area contributed by atoms with Crippen LogP contribution in [0.15, 0.2) is 30.6 Å². The highest BCUT2D eigenvalue weighted by molar-refractivity contribution is 6.35. The topological polar surface area (TPSA) is 66.9 Å². The third-order valence-corrected chi connectivity index (χ3v) is 3.48. The normalized spacial score (nSPS) is 10.7. The molecule has 0 saturated carbocycles. The monoisotopic (exact) mass is 352 g/mol. The summed E-state index contributed by atoms with van der Waals surface area (Å²) in [5.74, 6) is 0.729. The number of rotatable bonds is 6. The highest BCUT2D eigenvalue weighted by Crippen LogP contribution is 2.24. The quantitative estimate of drug-likeness (QED) is 0.812. The van der Waals surface area contributed by atoms with Gasteiger partial charge in [0.25, 0.3) is 5.91 Å². The van der Waals surface area contributed by atoms with Crippen molar-refractivity contribution < 1.29 is 4.79 Å². The van der Waals surface area contributed by atoms with E-state index in [1.165, 1.54) is 12.4 Å². The number of halogens is 2. The van der Waals surface area contributed by atoms with Crippen LogP contribution in [0.25, 0.3) is 0 Å². The lowest BCUT2D eigenvalue weighted by Crippen LogP contribution is -2.25. The number of amides is 1. The molecule has 0 radical (unpaired) electrons. The summed E-state index contributed by atoms with van der Waals surface area (Å²) >= 11 is 11.9. The molecule has 5 nitrogen and oxygen atoms in total. The smallest absolute Gasteiger partial charge is 0.254 e. The summed E-state index contributed by atoms with van der Waals surface area (Å²) in [5.41, 5.74) is 1.10. The first-order valence-corrected chi connectivity index (χ1v) is 8.03. The van der Waals surface area contributed by atoms with Crippen LogP contribution < -0.4 is 10.6 Å². The number of benzene rings is 1. The molecular weight excluding hydrogens is 335 g/mol. The average molecular weight is 353 g/mol. The minimum absolute atomic E-state index is 0.178. The summed E-state index contributed by atoms with van der Waals surface area (Å²) in [6.07, 6.45) is 3.89. The number of nitrogens with zero attached hydrogens (tertiary/aromatic N) is 2. The lowest BCUT2D eigenvalue weighted by atomic mass is 10.1. The molecule has 7 heteroatoms. The maximum Gasteiger partial charge on any atom is 0.254 e. The van der Waals surface area contributed by atoms with Crippen molar-refractivity contribution in [3.05, 3.63) is 46.2 Å². The summed E-state index contributed by atoms with van der Waals surface area (Å²) in [5, 5.41) is 6.86. The first kappa shape index (κ1) is 17.5. The van der Waals surface area contributed by atoms with E-state index in [0.717, 1.165) is 6.42 Å². The van der Waals surface area contributed by atoms with Gasteiger partial charge in [0.05, 0.1) is 5.56 Å². The zero-order chi connectivity index (χ0) is 16.8. The van der Waals surface area contributed by atoms with E-state index in [9.17, 15) is 4.79 Å². The lowest BCUT2D eigenvalue weighted by molar-refractivity contribution is 0.0951. The van der Waals surface area contributed by atoms with Crippen molar-refractivity contribution >= 4 is 40.7 Å². The molecule has 23 heavy (non-hydrogen) atoms. The van der Waals surface area contributed by atoms with E-state index >= 15 is 0 Å². The van der Waals surface area contributed by atoms with Gasteiger partial charge in [-0.3, -0.25) is 4.79 Å². The molecule has 0 unspecified atom stereocenters. The lowest BCUT2D eigenvalue weighted by Gasteiger charge is -2.08. The largest absolute Gasteiger partial charge is 0.352 e. The first-order valence-electron chi connectivity index (χ1n) is 7.27. The maximum absolute atomic E-state index is 11.9. The van der Waals surface area contributed by atoms with E-state index in [-0.39, 0.29) is 5.91 Å². The van der Waals surface area contributed by atoms with Crippen molar-refractivity contribution in [2.75, 3.05) is 11.9 Å². The predicted molar refractivity (Wildman–Crippen MR) is 93.6 cm³/mol. The van der Waals surface area contributed by atoms with Gasteiger partial charge >= 0.3 is 0 Å². The third kappa shape index (κ3) is 5.69. The van der Waals surface area contributed by atoms with E-state index in [4.69, 9.17) is 23.2 Å². The van der Waals surface area contributed by atoms with Crippen LogP contribution >= 0.6 is 23.2 Å². The van der Waals surface area contributed by atoms with E-state index in [2.05, 4.69) is 34.4 Å². The molecule has 0 saturated heterocycles. The Morgan fingerprint density at radius 2 is 1.74 bits per heavy atom. The summed E-state index contributed by atoms with van der Waals surface area (Å²) in [6, 6.07) is 5.06. The Morgan fingerprint density at radius 1 is 1.13 bits per heavy atom. The van der Waals surface area contributed by atoms with Gasteiger partial charge in [0.15, 0.2) is 0 Å². The second-order valence-electron chi connectivity index (χ2n) is 5.52. The molecule has 1 heterocycles. The Kier molecular flexibility index (Phi) is 6.19. The van der Waals surface area contributed by atoms with Crippen molar-refractivity contribution in [3.8, 4) is 0 Å². The van der Waals surface area contributed by atoms with Crippen LogP contribution in [0.4, 0.5) is 11.6 Å². The summed E-state index contributed by atoms with van der Waals surface area (Å²) in [7, 11) is 0. The van der Waals surface area contributed by atoms with Crippen LogP contribution in [0.5, 0.6) is 0 Å². The molecular formula is C16H18Cl2N4O. The van der Waals surface area contributed by atoms with Gasteiger partial charge in [-0.2, -0.15) is 0 Å². The number of hydrogen-bond donors (Lipinski definition) is 2. The second-order valence-corrected chi connectivity index (χ2v) is 6.39. The van der Waals surface area contributed by atoms with Crippen LogP contribution in [0.1, 0.15) is 30.6 Å². The van der Waals surface area contributed by atoms with Crippen molar-refractivity contribution in [3.63, 3.8) is 0 Å². The van der Waals surface area contributed by atoms with Crippen LogP contribution in [-0.4, -0.2) is 22.4 Å². The second kappa shape index (κ2) is 8.13. The van der Waals surface area contributed by atoms with Crippen LogP contribution in [0, 0.1) is 5.92 Å². The van der Waals surface area contributed by atoms with Crippen molar-refractivity contribution in [1.29, 1.82) is 0 Å². The highest BCUT2D eigenvalue weighted by atomic mass is 35.5. The molecule has 122 valence electrons. The minimum Gasteiger partial charge on any atom is -0.352 e. The van der Waals surface area contributed by atoms with Gasteiger partial charge in [0.1, 0.15) is 0 Å². The Morgan fingerprint density at radius 3 is 2.30 bits per heavy atom. The SMILES string of the molecule is CC(C)CCNC(=O)c1cnc(Nc2cc(Cl)cc(Cl)c2)nc1. The van der Waals surface area contributed by atoms with Gasteiger partial charge in [0.2, 0.25) is 5.95 Å². The van der Waals surface area contributed by atoms with E-state index in [1.54, 1.807) is 18.2 Å². The van der Waals surface area contributed by atoms with Gasteiger partial charge in [-0.15, -0.1) is 0 Å². The molecule has 0 spiro atoms. The van der Waals surface area contributed by atoms with Crippen molar-refractivity contribution in [2.24, 2.45) is 5.92 Å². The molecule has 0 aliphatic heterocycles. The molecule has 2 N–H and O–H groups in total. The molecule has 2 rings (SSSR count). The van der Waals surface area contributed by atoms with Gasteiger partial charge in [-0.1, -0.05) is 37.0 Å². The Hall–Kier alpha value is -1.85. The van der Waals surface area contributed by atoms with Crippen molar-refractivity contribution in [2.45, 2.75) is 20.3 Å². The van der Waals surface area contributed by atoms with E-state index in [0.29, 0.717) is 39.7 Å². The van der Waals surface area contributed by atoms with Crippen LogP contribution in [0.2, 0.25) is 10.0 Å². The number of carbonyl (C=O) groups excluding carboxylic acids is 1. The van der Waals surface area contributed by atoms with Gasteiger partial charge in [-0.05, 0) is 30.5 Å². The Balaban J connectivity index is 1.97. The number of hydrogen-bond acceptors (Lipinski definition) is 4. The fourth-order valence-electron chi connectivity index (χ4n) is 1.84. The molecule has 0 aliphatic carbocycles. The Bertz CT molecular complexity index is 654. The molecule has 0 fully saturated rings.